The van der Waals surface area contributed by atoms with E-state index in [1.807, 2.05) is 12.3 Å². The van der Waals surface area contributed by atoms with Crippen LogP contribution >= 0.6 is 22.9 Å². The Labute approximate surface area is 108 Å². The van der Waals surface area contributed by atoms with Crippen molar-refractivity contribution in [1.82, 2.24) is 0 Å². The molecule has 2 rings (SSSR count). The van der Waals surface area contributed by atoms with Crippen LogP contribution in [-0.4, -0.2) is 30.9 Å². The van der Waals surface area contributed by atoms with Crippen LogP contribution in [0, 0.1) is 6.92 Å². The lowest BCUT2D eigenvalue weighted by Gasteiger charge is -2.15. The Hall–Kier alpha value is -1.07. The molecule has 0 radical (unpaired) electrons. The van der Waals surface area contributed by atoms with E-state index in [4.69, 9.17) is 16.3 Å². The van der Waals surface area contributed by atoms with Crippen molar-refractivity contribution >= 4 is 39.8 Å². The van der Waals surface area contributed by atoms with Crippen LogP contribution in [0.5, 0.6) is 0 Å². The lowest BCUT2D eigenvalue weighted by Crippen LogP contribution is -2.25. The van der Waals surface area contributed by atoms with E-state index in [0.717, 1.165) is 5.56 Å². The van der Waals surface area contributed by atoms with E-state index in [1.54, 1.807) is 4.90 Å². The molecule has 2 heterocycles. The molecule has 1 fully saturated rings. The minimum atomic E-state index is -0.412. The topological polar surface area (TPSA) is 46.6 Å². The van der Waals surface area contributed by atoms with E-state index in [2.05, 4.69) is 0 Å². The molecular weight excluding hydrogens is 262 g/mol. The maximum atomic E-state index is 11.8. The van der Waals surface area contributed by atoms with Gasteiger partial charge >= 0.3 is 5.97 Å². The summed E-state index contributed by atoms with van der Waals surface area (Å²) in [6, 6.07) is 0. The minimum Gasteiger partial charge on any atom is -0.465 e. The molecule has 0 aliphatic carbocycles. The second kappa shape index (κ2) is 4.66. The standard InChI is InChI=1S/C11H12ClNO3S/c1-6-5-17-10(9(6)11(15)16-2)13-4-7(12)3-8(13)14/h5,7H,3-4H2,1-2H3. The Morgan fingerprint density at radius 2 is 2.35 bits per heavy atom. The fourth-order valence-electron chi connectivity index (χ4n) is 1.84. The Morgan fingerprint density at radius 3 is 2.88 bits per heavy atom. The fraction of sp³-hybridized carbons (Fsp3) is 0.455. The molecule has 92 valence electrons. The van der Waals surface area contributed by atoms with Crippen molar-refractivity contribution in [3.63, 3.8) is 0 Å². The predicted octanol–water partition coefficient (Wildman–Crippen LogP) is 2.19. The summed E-state index contributed by atoms with van der Waals surface area (Å²) in [7, 11) is 1.33. The first kappa shape index (κ1) is 12.4. The van der Waals surface area contributed by atoms with Gasteiger partial charge in [-0.25, -0.2) is 4.79 Å². The number of anilines is 1. The Morgan fingerprint density at radius 1 is 1.65 bits per heavy atom. The maximum Gasteiger partial charge on any atom is 0.341 e. The van der Waals surface area contributed by atoms with Gasteiger partial charge in [0.25, 0.3) is 0 Å². The molecule has 1 aromatic rings. The third-order valence-electron chi connectivity index (χ3n) is 2.67. The highest BCUT2D eigenvalue weighted by Gasteiger charge is 2.33. The summed E-state index contributed by atoms with van der Waals surface area (Å²) in [5.41, 5.74) is 1.29. The average Bonchev–Trinajstić information content (AvgIpc) is 2.80. The first-order valence-corrected chi connectivity index (χ1v) is 6.47. The zero-order valence-corrected chi connectivity index (χ0v) is 11.1. The number of amides is 1. The summed E-state index contributed by atoms with van der Waals surface area (Å²) in [5.74, 6) is -0.457. The highest BCUT2D eigenvalue weighted by Crippen LogP contribution is 2.35. The maximum absolute atomic E-state index is 11.8. The second-order valence-electron chi connectivity index (χ2n) is 3.90. The molecule has 1 aromatic heterocycles. The van der Waals surface area contributed by atoms with E-state index < -0.39 is 5.97 Å². The molecular formula is C11H12ClNO3S. The molecule has 0 spiro atoms. The molecule has 1 saturated heterocycles. The van der Waals surface area contributed by atoms with Crippen molar-refractivity contribution in [3.8, 4) is 0 Å². The van der Waals surface area contributed by atoms with Crippen LogP contribution in [0.1, 0.15) is 22.3 Å². The van der Waals surface area contributed by atoms with E-state index in [9.17, 15) is 9.59 Å². The predicted molar refractivity (Wildman–Crippen MR) is 67.0 cm³/mol. The molecule has 0 aromatic carbocycles. The molecule has 17 heavy (non-hydrogen) atoms. The van der Waals surface area contributed by atoms with E-state index in [-0.39, 0.29) is 11.3 Å². The van der Waals surface area contributed by atoms with Crippen molar-refractivity contribution in [1.29, 1.82) is 0 Å². The van der Waals surface area contributed by atoms with Gasteiger partial charge in [-0.15, -0.1) is 22.9 Å². The summed E-state index contributed by atoms with van der Waals surface area (Å²) in [5, 5.41) is 2.30. The van der Waals surface area contributed by atoms with Gasteiger partial charge in [0.2, 0.25) is 5.91 Å². The minimum absolute atomic E-state index is 0.0444. The van der Waals surface area contributed by atoms with Crippen LogP contribution < -0.4 is 4.90 Å². The lowest BCUT2D eigenvalue weighted by molar-refractivity contribution is -0.117. The van der Waals surface area contributed by atoms with Crippen molar-refractivity contribution < 1.29 is 14.3 Å². The van der Waals surface area contributed by atoms with E-state index >= 15 is 0 Å². The number of carbonyl (C=O) groups excluding carboxylic acids is 2. The second-order valence-corrected chi connectivity index (χ2v) is 5.37. The SMILES string of the molecule is COC(=O)c1c(C)csc1N1CC(Cl)CC1=O. The highest BCUT2D eigenvalue weighted by atomic mass is 35.5. The fourth-order valence-corrected chi connectivity index (χ4v) is 3.18. The van der Waals surface area contributed by atoms with Crippen LogP contribution in [0.15, 0.2) is 5.38 Å². The first-order chi connectivity index (χ1) is 8.04. The van der Waals surface area contributed by atoms with Crippen molar-refractivity contribution in [2.24, 2.45) is 0 Å². The van der Waals surface area contributed by atoms with Gasteiger partial charge in [0.05, 0.1) is 18.1 Å². The average molecular weight is 274 g/mol. The van der Waals surface area contributed by atoms with Gasteiger partial charge in [0.1, 0.15) is 5.00 Å². The number of methoxy groups -OCH3 is 1. The van der Waals surface area contributed by atoms with Crippen LogP contribution in [-0.2, 0) is 9.53 Å². The molecule has 1 amide bonds. The Kier molecular flexibility index (Phi) is 3.40. The molecule has 1 aliphatic heterocycles. The summed E-state index contributed by atoms with van der Waals surface area (Å²) in [4.78, 5) is 25.0. The van der Waals surface area contributed by atoms with Gasteiger partial charge in [-0.05, 0) is 17.9 Å². The molecule has 0 N–H and O–H groups in total. The molecule has 4 nitrogen and oxygen atoms in total. The summed E-state index contributed by atoms with van der Waals surface area (Å²) in [6.07, 6.45) is 0.319. The number of hydrogen-bond donors (Lipinski definition) is 0. The van der Waals surface area contributed by atoms with Crippen molar-refractivity contribution in [2.45, 2.75) is 18.7 Å². The summed E-state index contributed by atoms with van der Waals surface area (Å²) in [6.45, 7) is 2.27. The zero-order chi connectivity index (χ0) is 12.6. The number of hydrogen-bond acceptors (Lipinski definition) is 4. The van der Waals surface area contributed by atoms with Gasteiger partial charge in [-0.3, -0.25) is 4.79 Å². The molecule has 1 aliphatic rings. The normalized spacial score (nSPS) is 19.8. The van der Waals surface area contributed by atoms with E-state index in [0.29, 0.717) is 23.5 Å². The number of aryl methyl sites for hydroxylation is 1. The number of alkyl halides is 1. The third kappa shape index (κ3) is 2.17. The summed E-state index contributed by atoms with van der Waals surface area (Å²) < 4.78 is 4.73. The van der Waals surface area contributed by atoms with Crippen molar-refractivity contribution in [3.05, 3.63) is 16.5 Å². The molecule has 6 heteroatoms. The van der Waals surface area contributed by atoms with Gasteiger partial charge in [0, 0.05) is 13.0 Å². The van der Waals surface area contributed by atoms with Gasteiger partial charge in [-0.2, -0.15) is 0 Å². The van der Waals surface area contributed by atoms with Crippen LogP contribution in [0.4, 0.5) is 5.00 Å². The van der Waals surface area contributed by atoms with E-state index in [1.165, 1.54) is 18.4 Å². The van der Waals surface area contributed by atoms with Gasteiger partial charge < -0.3 is 9.64 Å². The largest absolute Gasteiger partial charge is 0.465 e. The van der Waals surface area contributed by atoms with Crippen LogP contribution in [0.2, 0.25) is 0 Å². The monoisotopic (exact) mass is 273 g/mol. The van der Waals surface area contributed by atoms with Gasteiger partial charge in [0.15, 0.2) is 0 Å². The Bertz CT molecular complexity index is 471. The van der Waals surface area contributed by atoms with Crippen LogP contribution in [0.3, 0.4) is 0 Å². The number of rotatable bonds is 2. The highest BCUT2D eigenvalue weighted by molar-refractivity contribution is 7.15. The zero-order valence-electron chi connectivity index (χ0n) is 9.53. The number of carbonyl (C=O) groups is 2. The third-order valence-corrected chi connectivity index (χ3v) is 4.08. The van der Waals surface area contributed by atoms with Gasteiger partial charge in [-0.1, -0.05) is 0 Å². The first-order valence-electron chi connectivity index (χ1n) is 5.15. The van der Waals surface area contributed by atoms with Crippen LogP contribution in [0.25, 0.3) is 0 Å². The number of esters is 1. The molecule has 0 bridgehead atoms. The lowest BCUT2D eigenvalue weighted by atomic mass is 10.2. The molecule has 0 saturated carbocycles. The number of nitrogens with zero attached hydrogens (tertiary/aromatic N) is 1. The molecule has 1 unspecified atom stereocenters. The Balaban J connectivity index is 2.39. The number of halogens is 1. The smallest absolute Gasteiger partial charge is 0.341 e. The number of ether oxygens (including phenoxy) is 1. The number of thiophene rings is 1. The van der Waals surface area contributed by atoms with Crippen molar-refractivity contribution in [2.75, 3.05) is 18.6 Å². The molecule has 1 atom stereocenters. The summed E-state index contributed by atoms with van der Waals surface area (Å²) >= 11 is 7.32. The quantitative estimate of drug-likeness (QED) is 0.613.